The van der Waals surface area contributed by atoms with Gasteiger partial charge in [0.1, 0.15) is 0 Å². The maximum atomic E-state index is 11.5. The molecule has 1 aromatic rings. The number of benzene rings is 1. The van der Waals surface area contributed by atoms with Gasteiger partial charge in [0, 0.05) is 31.4 Å². The molecule has 0 spiro atoms. The molecule has 20 heavy (non-hydrogen) atoms. The fourth-order valence-corrected chi connectivity index (χ4v) is 2.57. The topological polar surface area (TPSA) is 37.4 Å². The Hall–Kier alpha value is -2.08. The molecule has 2 amide bonds. The van der Waals surface area contributed by atoms with Crippen molar-refractivity contribution >= 4 is 11.8 Å². The molecular formula is C17H19NO2. The summed E-state index contributed by atoms with van der Waals surface area (Å²) in [7, 11) is 0. The number of imide groups is 1. The van der Waals surface area contributed by atoms with E-state index < -0.39 is 0 Å². The molecule has 0 bridgehead atoms. The van der Waals surface area contributed by atoms with E-state index in [0.717, 1.165) is 5.56 Å². The molecular weight excluding hydrogens is 250 g/mol. The van der Waals surface area contributed by atoms with Gasteiger partial charge in [0.15, 0.2) is 0 Å². The van der Waals surface area contributed by atoms with Crippen LogP contribution in [0, 0.1) is 32.6 Å². The van der Waals surface area contributed by atoms with Gasteiger partial charge in [-0.15, -0.1) is 0 Å². The third kappa shape index (κ3) is 3.08. The monoisotopic (exact) mass is 269 g/mol. The normalized spacial score (nSPS) is 14.4. The van der Waals surface area contributed by atoms with Crippen LogP contribution in [0.1, 0.15) is 41.5 Å². The third-order valence-electron chi connectivity index (χ3n) is 3.51. The van der Waals surface area contributed by atoms with Gasteiger partial charge in [-0.2, -0.15) is 0 Å². The predicted octanol–water partition coefficient (Wildman–Crippen LogP) is 2.50. The van der Waals surface area contributed by atoms with E-state index >= 15 is 0 Å². The van der Waals surface area contributed by atoms with E-state index in [9.17, 15) is 9.59 Å². The molecule has 104 valence electrons. The Morgan fingerprint density at radius 2 is 1.60 bits per heavy atom. The number of amides is 2. The van der Waals surface area contributed by atoms with Crippen LogP contribution in [0.25, 0.3) is 0 Å². The highest BCUT2D eigenvalue weighted by Crippen LogP contribution is 2.15. The van der Waals surface area contributed by atoms with Crippen molar-refractivity contribution in [2.45, 2.75) is 40.0 Å². The Kier molecular flexibility index (Phi) is 4.24. The Morgan fingerprint density at radius 3 is 2.15 bits per heavy atom. The smallest absolute Gasteiger partial charge is 0.229 e. The lowest BCUT2D eigenvalue weighted by Crippen LogP contribution is -2.29. The summed E-state index contributed by atoms with van der Waals surface area (Å²) in [5.41, 5.74) is 4.63. The van der Waals surface area contributed by atoms with E-state index in [2.05, 4.69) is 44.7 Å². The fraction of sp³-hybridized carbons (Fsp3) is 0.412. The van der Waals surface area contributed by atoms with Gasteiger partial charge in [-0.1, -0.05) is 29.5 Å². The second kappa shape index (κ2) is 5.92. The summed E-state index contributed by atoms with van der Waals surface area (Å²) in [5, 5.41) is 0. The summed E-state index contributed by atoms with van der Waals surface area (Å²) in [6.45, 7) is 6.59. The van der Waals surface area contributed by atoms with Gasteiger partial charge >= 0.3 is 0 Å². The quantitative estimate of drug-likeness (QED) is 0.611. The van der Waals surface area contributed by atoms with Crippen molar-refractivity contribution in [2.24, 2.45) is 0 Å². The Labute approximate surface area is 120 Å². The molecule has 0 aromatic heterocycles. The highest BCUT2D eigenvalue weighted by molar-refractivity contribution is 6.01. The minimum atomic E-state index is -0.0699. The second-order valence-corrected chi connectivity index (χ2v) is 5.26. The minimum Gasteiger partial charge on any atom is -0.282 e. The summed E-state index contributed by atoms with van der Waals surface area (Å²) in [6, 6.07) is 4.23. The van der Waals surface area contributed by atoms with Gasteiger partial charge < -0.3 is 0 Å². The molecule has 1 aliphatic rings. The van der Waals surface area contributed by atoms with Crippen LogP contribution in [0.4, 0.5) is 0 Å². The first-order valence-corrected chi connectivity index (χ1v) is 6.89. The number of nitrogens with zero attached hydrogens (tertiary/aromatic N) is 1. The zero-order valence-corrected chi connectivity index (χ0v) is 12.2. The van der Waals surface area contributed by atoms with Gasteiger partial charge in [0.2, 0.25) is 11.8 Å². The van der Waals surface area contributed by atoms with Gasteiger partial charge in [-0.3, -0.25) is 14.5 Å². The molecule has 2 rings (SSSR count). The van der Waals surface area contributed by atoms with E-state index in [4.69, 9.17) is 0 Å². The molecule has 3 nitrogen and oxygen atoms in total. The van der Waals surface area contributed by atoms with Gasteiger partial charge in [0.25, 0.3) is 0 Å². The van der Waals surface area contributed by atoms with Gasteiger partial charge in [0.05, 0.1) is 0 Å². The highest BCUT2D eigenvalue weighted by atomic mass is 16.2. The highest BCUT2D eigenvalue weighted by Gasteiger charge is 2.27. The first-order valence-electron chi connectivity index (χ1n) is 6.89. The molecule has 1 heterocycles. The summed E-state index contributed by atoms with van der Waals surface area (Å²) in [5.74, 6) is 6.10. The second-order valence-electron chi connectivity index (χ2n) is 5.26. The molecule has 0 aliphatic carbocycles. The molecule has 1 saturated heterocycles. The van der Waals surface area contributed by atoms with Gasteiger partial charge in [-0.25, -0.2) is 0 Å². The number of aryl methyl sites for hydroxylation is 3. The van der Waals surface area contributed by atoms with E-state index in [1.54, 1.807) is 0 Å². The van der Waals surface area contributed by atoms with E-state index in [0.29, 0.717) is 25.8 Å². The van der Waals surface area contributed by atoms with Crippen LogP contribution in [-0.2, 0) is 9.59 Å². The molecule has 1 aromatic carbocycles. The molecule has 0 N–H and O–H groups in total. The number of hydrogen-bond acceptors (Lipinski definition) is 2. The van der Waals surface area contributed by atoms with E-state index in [1.165, 1.54) is 21.6 Å². The molecule has 1 fully saturated rings. The molecule has 0 atom stereocenters. The Bertz CT molecular complexity index is 581. The van der Waals surface area contributed by atoms with Crippen LogP contribution in [0.3, 0.4) is 0 Å². The van der Waals surface area contributed by atoms with Crippen molar-refractivity contribution in [3.63, 3.8) is 0 Å². The number of carbonyl (C=O) groups is 2. The largest absolute Gasteiger partial charge is 0.282 e. The SMILES string of the molecule is Cc1cc(C)c(C#CCCN2C(=O)CCC2=O)c(C)c1. The molecule has 3 heteroatoms. The summed E-state index contributed by atoms with van der Waals surface area (Å²) < 4.78 is 0. The van der Waals surface area contributed by atoms with Crippen LogP contribution in [-0.4, -0.2) is 23.3 Å². The van der Waals surface area contributed by atoms with Gasteiger partial charge in [-0.05, 0) is 31.9 Å². The van der Waals surface area contributed by atoms with Crippen LogP contribution >= 0.6 is 0 Å². The number of likely N-dealkylation sites (tertiary alicyclic amines) is 1. The molecule has 0 unspecified atom stereocenters. The van der Waals surface area contributed by atoms with Crippen LogP contribution in [0.5, 0.6) is 0 Å². The number of rotatable bonds is 2. The predicted molar refractivity (Wildman–Crippen MR) is 78.1 cm³/mol. The summed E-state index contributed by atoms with van der Waals surface area (Å²) >= 11 is 0. The average Bonchev–Trinajstić information content (AvgIpc) is 2.67. The molecule has 0 saturated carbocycles. The van der Waals surface area contributed by atoms with Crippen molar-refractivity contribution < 1.29 is 9.59 Å². The van der Waals surface area contributed by atoms with Crippen molar-refractivity contribution in [3.8, 4) is 11.8 Å². The van der Waals surface area contributed by atoms with Crippen molar-refractivity contribution in [2.75, 3.05) is 6.54 Å². The lowest BCUT2D eigenvalue weighted by atomic mass is 10.0. The standard InChI is InChI=1S/C17H19NO2/c1-12-10-13(2)15(14(3)11-12)6-4-5-9-18-16(19)7-8-17(18)20/h10-11H,5,7-9H2,1-3H3. The first-order chi connectivity index (χ1) is 9.49. The van der Waals surface area contributed by atoms with Crippen LogP contribution in [0.15, 0.2) is 12.1 Å². The lowest BCUT2D eigenvalue weighted by molar-refractivity contribution is -0.138. The van der Waals surface area contributed by atoms with Crippen molar-refractivity contribution in [3.05, 3.63) is 34.4 Å². The van der Waals surface area contributed by atoms with Crippen LogP contribution in [0.2, 0.25) is 0 Å². The Balaban J connectivity index is 2.02. The maximum absolute atomic E-state index is 11.5. The zero-order valence-electron chi connectivity index (χ0n) is 12.2. The summed E-state index contributed by atoms with van der Waals surface area (Å²) in [6.07, 6.45) is 1.23. The summed E-state index contributed by atoms with van der Waals surface area (Å²) in [4.78, 5) is 24.2. The molecule has 1 aliphatic heterocycles. The first kappa shape index (κ1) is 14.3. The zero-order chi connectivity index (χ0) is 14.7. The van der Waals surface area contributed by atoms with E-state index in [1.807, 2.05) is 0 Å². The molecule has 0 radical (unpaired) electrons. The number of carbonyl (C=O) groups excluding carboxylic acids is 2. The average molecular weight is 269 g/mol. The third-order valence-corrected chi connectivity index (χ3v) is 3.51. The van der Waals surface area contributed by atoms with Crippen molar-refractivity contribution in [1.29, 1.82) is 0 Å². The fourth-order valence-electron chi connectivity index (χ4n) is 2.57. The van der Waals surface area contributed by atoms with E-state index in [-0.39, 0.29) is 11.8 Å². The van der Waals surface area contributed by atoms with Crippen molar-refractivity contribution in [1.82, 2.24) is 4.90 Å². The van der Waals surface area contributed by atoms with Crippen LogP contribution < -0.4 is 0 Å². The minimum absolute atomic E-state index is 0.0699. The Morgan fingerprint density at radius 1 is 1.05 bits per heavy atom. The maximum Gasteiger partial charge on any atom is 0.229 e. The lowest BCUT2D eigenvalue weighted by Gasteiger charge is -2.10. The number of hydrogen-bond donors (Lipinski definition) is 0.